The van der Waals surface area contributed by atoms with Gasteiger partial charge >= 0.3 is 5.97 Å². The van der Waals surface area contributed by atoms with Gasteiger partial charge in [0.05, 0.1) is 35.2 Å². The molecular formula is C18H16ClNO4. The van der Waals surface area contributed by atoms with Crippen LogP contribution in [0.2, 0.25) is 5.02 Å². The normalized spacial score (nSPS) is 30.7. The van der Waals surface area contributed by atoms with E-state index in [4.69, 9.17) is 16.3 Å². The maximum absolute atomic E-state index is 12.9. The Kier molecular flexibility index (Phi) is 3.49. The monoisotopic (exact) mass is 345 g/mol. The lowest BCUT2D eigenvalue weighted by Crippen LogP contribution is -2.38. The van der Waals surface area contributed by atoms with Crippen molar-refractivity contribution in [2.24, 2.45) is 23.7 Å². The van der Waals surface area contributed by atoms with Crippen molar-refractivity contribution in [2.45, 2.75) is 12.8 Å². The summed E-state index contributed by atoms with van der Waals surface area (Å²) in [6, 6.07) is 4.56. The summed E-state index contributed by atoms with van der Waals surface area (Å²) in [4.78, 5) is 38.8. The van der Waals surface area contributed by atoms with Crippen LogP contribution < -0.4 is 4.90 Å². The molecular weight excluding hydrogens is 330 g/mol. The minimum atomic E-state index is -0.597. The first-order chi connectivity index (χ1) is 11.5. The number of amides is 2. The van der Waals surface area contributed by atoms with E-state index >= 15 is 0 Å². The maximum atomic E-state index is 12.9. The number of esters is 1. The lowest BCUT2D eigenvalue weighted by molar-refractivity contribution is -0.124. The Hall–Kier alpha value is -2.14. The van der Waals surface area contributed by atoms with Crippen molar-refractivity contribution in [3.63, 3.8) is 0 Å². The molecule has 2 fully saturated rings. The van der Waals surface area contributed by atoms with Crippen molar-refractivity contribution in [1.29, 1.82) is 0 Å². The standard InChI is InChI=1S/C18H16ClNO4/c1-24-18(23)12-8-11(6-7-13(12)19)20-16(21)14-9-2-3-10(5-4-9)15(14)17(20)22/h2-3,6-10,14-15H,4-5H2,1H3/t9-,10-,14-,15-/m0/s1. The number of benzene rings is 1. The number of anilines is 1. The van der Waals surface area contributed by atoms with E-state index in [2.05, 4.69) is 12.2 Å². The fourth-order valence-electron chi connectivity index (χ4n) is 4.25. The van der Waals surface area contributed by atoms with Crippen LogP contribution in [0.5, 0.6) is 0 Å². The molecule has 0 unspecified atom stereocenters. The number of allylic oxidation sites excluding steroid dienone is 2. The Balaban J connectivity index is 1.74. The zero-order valence-corrected chi connectivity index (χ0v) is 13.8. The maximum Gasteiger partial charge on any atom is 0.339 e. The molecule has 1 aromatic carbocycles. The Morgan fingerprint density at radius 3 is 2.21 bits per heavy atom. The first-order valence-corrected chi connectivity index (χ1v) is 8.34. The van der Waals surface area contributed by atoms with E-state index in [0.717, 1.165) is 12.8 Å². The molecule has 0 N–H and O–H groups in total. The Morgan fingerprint density at radius 1 is 1.12 bits per heavy atom. The quantitative estimate of drug-likeness (QED) is 0.469. The first-order valence-electron chi connectivity index (χ1n) is 7.97. The highest BCUT2D eigenvalue weighted by atomic mass is 35.5. The van der Waals surface area contributed by atoms with Gasteiger partial charge in [0.1, 0.15) is 0 Å². The molecule has 0 radical (unpaired) electrons. The van der Waals surface area contributed by atoms with E-state index in [1.54, 1.807) is 6.07 Å². The van der Waals surface area contributed by atoms with E-state index in [9.17, 15) is 14.4 Å². The van der Waals surface area contributed by atoms with Gasteiger partial charge in [0, 0.05) is 0 Å². The molecule has 1 aliphatic heterocycles. The largest absolute Gasteiger partial charge is 0.465 e. The first kappa shape index (κ1) is 15.4. The average molecular weight is 346 g/mol. The summed E-state index contributed by atoms with van der Waals surface area (Å²) in [5.74, 6) is -1.25. The predicted octanol–water partition coefficient (Wildman–Crippen LogP) is 2.83. The molecule has 5 rings (SSSR count). The van der Waals surface area contributed by atoms with Crippen LogP contribution in [0.15, 0.2) is 30.4 Å². The molecule has 4 atom stereocenters. The summed E-state index contributed by atoms with van der Waals surface area (Å²) in [6.45, 7) is 0. The molecule has 0 aromatic heterocycles. The summed E-state index contributed by atoms with van der Waals surface area (Å²) in [5.41, 5.74) is 0.525. The zero-order valence-electron chi connectivity index (χ0n) is 13.1. The molecule has 1 saturated heterocycles. The molecule has 1 heterocycles. The highest BCUT2D eigenvalue weighted by molar-refractivity contribution is 6.34. The Labute approximate surface area is 144 Å². The van der Waals surface area contributed by atoms with Crippen LogP contribution in [0, 0.1) is 23.7 Å². The van der Waals surface area contributed by atoms with Crippen molar-refractivity contribution in [1.82, 2.24) is 0 Å². The topological polar surface area (TPSA) is 63.7 Å². The highest BCUT2D eigenvalue weighted by Crippen LogP contribution is 2.50. The van der Waals surface area contributed by atoms with Gasteiger partial charge in [0.15, 0.2) is 0 Å². The summed E-state index contributed by atoms with van der Waals surface area (Å²) < 4.78 is 4.71. The number of carbonyl (C=O) groups is 3. The second-order valence-corrected chi connectivity index (χ2v) is 6.92. The van der Waals surface area contributed by atoms with Gasteiger partial charge in [-0.05, 0) is 42.9 Å². The fraction of sp³-hybridized carbons (Fsp3) is 0.389. The minimum Gasteiger partial charge on any atom is -0.465 e. The minimum absolute atomic E-state index is 0.133. The number of ether oxygens (including phenoxy) is 1. The summed E-state index contributed by atoms with van der Waals surface area (Å²) >= 11 is 6.03. The fourth-order valence-corrected chi connectivity index (χ4v) is 4.44. The SMILES string of the molecule is COC(=O)c1cc(N2C(=O)[C@@H]3[C@@H](C2=O)[C@H]2C=C[C@H]3CC2)ccc1Cl. The Morgan fingerprint density at radius 2 is 1.71 bits per heavy atom. The molecule has 2 bridgehead atoms. The van der Waals surface area contributed by atoms with Crippen molar-refractivity contribution < 1.29 is 19.1 Å². The lowest BCUT2D eigenvalue weighted by Gasteiger charge is -2.38. The van der Waals surface area contributed by atoms with Gasteiger partial charge < -0.3 is 4.74 Å². The molecule has 0 spiro atoms. The van der Waals surface area contributed by atoms with Crippen molar-refractivity contribution in [3.05, 3.63) is 40.9 Å². The molecule has 1 aromatic rings. The third-order valence-corrected chi connectivity index (χ3v) is 5.70. The van der Waals surface area contributed by atoms with E-state index in [-0.39, 0.29) is 46.1 Å². The van der Waals surface area contributed by atoms with Gasteiger partial charge in [0.25, 0.3) is 0 Å². The van der Waals surface area contributed by atoms with Crippen LogP contribution in [-0.2, 0) is 14.3 Å². The molecule has 124 valence electrons. The third-order valence-electron chi connectivity index (χ3n) is 5.37. The van der Waals surface area contributed by atoms with Crippen LogP contribution in [0.3, 0.4) is 0 Å². The van der Waals surface area contributed by atoms with Crippen LogP contribution in [-0.4, -0.2) is 24.9 Å². The Bertz CT molecular complexity index is 755. The summed E-state index contributed by atoms with van der Waals surface area (Å²) in [6.07, 6.45) is 6.05. The number of methoxy groups -OCH3 is 1. The van der Waals surface area contributed by atoms with E-state index in [1.807, 2.05) is 0 Å². The number of hydrogen-bond donors (Lipinski definition) is 0. The second kappa shape index (κ2) is 5.45. The summed E-state index contributed by atoms with van der Waals surface area (Å²) in [5, 5.41) is 0.226. The van der Waals surface area contributed by atoms with Crippen LogP contribution in [0.25, 0.3) is 0 Å². The number of carbonyl (C=O) groups excluding carboxylic acids is 3. The molecule has 5 nitrogen and oxygen atoms in total. The molecule has 1 saturated carbocycles. The van der Waals surface area contributed by atoms with Gasteiger partial charge in [-0.15, -0.1) is 0 Å². The molecule has 3 aliphatic carbocycles. The van der Waals surface area contributed by atoms with Gasteiger partial charge in [-0.3, -0.25) is 9.59 Å². The number of nitrogens with zero attached hydrogens (tertiary/aromatic N) is 1. The van der Waals surface area contributed by atoms with E-state index in [0.29, 0.717) is 5.69 Å². The lowest BCUT2D eigenvalue weighted by atomic mass is 9.63. The summed E-state index contributed by atoms with van der Waals surface area (Å²) in [7, 11) is 1.26. The van der Waals surface area contributed by atoms with Gasteiger partial charge in [-0.2, -0.15) is 0 Å². The number of hydrogen-bond acceptors (Lipinski definition) is 4. The molecule has 4 aliphatic rings. The van der Waals surface area contributed by atoms with Gasteiger partial charge in [0.2, 0.25) is 11.8 Å². The van der Waals surface area contributed by atoms with Crippen LogP contribution in [0.1, 0.15) is 23.2 Å². The van der Waals surface area contributed by atoms with E-state index in [1.165, 1.54) is 24.1 Å². The second-order valence-electron chi connectivity index (χ2n) is 6.51. The zero-order chi connectivity index (χ0) is 17.0. The van der Waals surface area contributed by atoms with Crippen molar-refractivity contribution in [3.8, 4) is 0 Å². The average Bonchev–Trinajstić information content (AvgIpc) is 2.89. The smallest absolute Gasteiger partial charge is 0.339 e. The molecule has 24 heavy (non-hydrogen) atoms. The number of imide groups is 1. The number of rotatable bonds is 2. The van der Waals surface area contributed by atoms with Crippen LogP contribution in [0.4, 0.5) is 5.69 Å². The predicted molar refractivity (Wildman–Crippen MR) is 87.6 cm³/mol. The number of halogens is 1. The molecule has 2 amide bonds. The number of fused-ring (bicyclic) bond motifs is 1. The van der Waals surface area contributed by atoms with Gasteiger partial charge in [-0.25, -0.2) is 9.69 Å². The van der Waals surface area contributed by atoms with Crippen molar-refractivity contribution >= 4 is 35.1 Å². The van der Waals surface area contributed by atoms with Crippen molar-refractivity contribution in [2.75, 3.05) is 12.0 Å². The van der Waals surface area contributed by atoms with Gasteiger partial charge in [-0.1, -0.05) is 23.8 Å². The highest BCUT2D eigenvalue weighted by Gasteiger charge is 2.56. The third kappa shape index (κ3) is 2.04. The van der Waals surface area contributed by atoms with E-state index < -0.39 is 5.97 Å². The molecule has 6 heteroatoms. The van der Waals surface area contributed by atoms with Crippen LogP contribution >= 0.6 is 11.6 Å².